The molecule has 1 N–H and O–H groups in total. The number of aliphatic hydroxyl groups excluding tert-OH is 1. The third kappa shape index (κ3) is 2.82. The summed E-state index contributed by atoms with van der Waals surface area (Å²) in [5.74, 6) is 1.49. The Morgan fingerprint density at radius 2 is 1.94 bits per heavy atom. The summed E-state index contributed by atoms with van der Waals surface area (Å²) in [6.45, 7) is 3.68. The molecular formula is C14H15NO2. The standard InChI is InChI=1S/C14H15NO2/c1-10-5-3-4-6-14(10)17-12-7-8-13(11(2)16)15-9-12/h3-9,11,16H,1-2H3/t11-/m0/s1. The summed E-state index contributed by atoms with van der Waals surface area (Å²) in [7, 11) is 0. The quantitative estimate of drug-likeness (QED) is 0.878. The molecule has 0 bridgehead atoms. The predicted molar refractivity (Wildman–Crippen MR) is 66.1 cm³/mol. The number of hydrogen-bond donors (Lipinski definition) is 1. The minimum atomic E-state index is -0.553. The maximum atomic E-state index is 9.35. The minimum Gasteiger partial charge on any atom is -0.455 e. The molecule has 1 aromatic carbocycles. The number of aromatic nitrogens is 1. The molecule has 88 valence electrons. The summed E-state index contributed by atoms with van der Waals surface area (Å²) in [5.41, 5.74) is 1.72. The average molecular weight is 229 g/mol. The number of ether oxygens (including phenoxy) is 1. The van der Waals surface area contributed by atoms with Crippen molar-refractivity contribution in [1.82, 2.24) is 4.98 Å². The number of para-hydroxylation sites is 1. The van der Waals surface area contributed by atoms with Gasteiger partial charge < -0.3 is 9.84 Å². The van der Waals surface area contributed by atoms with Crippen molar-refractivity contribution < 1.29 is 9.84 Å². The topological polar surface area (TPSA) is 42.4 Å². The number of aliphatic hydroxyl groups is 1. The van der Waals surface area contributed by atoms with Gasteiger partial charge in [-0.05, 0) is 37.6 Å². The van der Waals surface area contributed by atoms with E-state index in [1.54, 1.807) is 19.2 Å². The number of pyridine rings is 1. The largest absolute Gasteiger partial charge is 0.455 e. The zero-order valence-electron chi connectivity index (χ0n) is 9.92. The molecule has 0 radical (unpaired) electrons. The van der Waals surface area contributed by atoms with Crippen LogP contribution in [0.5, 0.6) is 11.5 Å². The second kappa shape index (κ2) is 4.97. The predicted octanol–water partition coefficient (Wildman–Crippen LogP) is 3.24. The number of aryl methyl sites for hydroxylation is 1. The molecule has 2 rings (SSSR count). The summed E-state index contributed by atoms with van der Waals surface area (Å²) in [4.78, 5) is 4.13. The van der Waals surface area contributed by atoms with Gasteiger partial charge in [0.1, 0.15) is 11.5 Å². The molecule has 0 saturated carbocycles. The van der Waals surface area contributed by atoms with Gasteiger partial charge in [0.15, 0.2) is 0 Å². The van der Waals surface area contributed by atoms with Gasteiger partial charge in [0, 0.05) is 0 Å². The van der Waals surface area contributed by atoms with Gasteiger partial charge in [0.25, 0.3) is 0 Å². The first-order valence-corrected chi connectivity index (χ1v) is 5.54. The SMILES string of the molecule is Cc1ccccc1Oc1ccc([C@H](C)O)nc1. The van der Waals surface area contributed by atoms with E-state index in [2.05, 4.69) is 4.98 Å². The van der Waals surface area contributed by atoms with E-state index < -0.39 is 6.10 Å². The molecule has 3 heteroatoms. The van der Waals surface area contributed by atoms with Crippen LogP contribution in [0.3, 0.4) is 0 Å². The van der Waals surface area contributed by atoms with Crippen molar-refractivity contribution in [3.63, 3.8) is 0 Å². The first-order valence-electron chi connectivity index (χ1n) is 5.54. The normalized spacial score (nSPS) is 12.2. The van der Waals surface area contributed by atoms with Crippen LogP contribution in [0.1, 0.15) is 24.3 Å². The van der Waals surface area contributed by atoms with Crippen LogP contribution in [0.25, 0.3) is 0 Å². The molecule has 3 nitrogen and oxygen atoms in total. The molecule has 17 heavy (non-hydrogen) atoms. The Hall–Kier alpha value is -1.87. The Kier molecular flexibility index (Phi) is 3.40. The second-order valence-electron chi connectivity index (χ2n) is 3.96. The van der Waals surface area contributed by atoms with E-state index in [1.807, 2.05) is 37.3 Å². The number of benzene rings is 1. The first-order chi connectivity index (χ1) is 8.16. The van der Waals surface area contributed by atoms with Gasteiger partial charge in [-0.1, -0.05) is 18.2 Å². The van der Waals surface area contributed by atoms with Crippen LogP contribution in [0.4, 0.5) is 0 Å². The zero-order chi connectivity index (χ0) is 12.3. The maximum Gasteiger partial charge on any atom is 0.145 e. The fourth-order valence-electron chi connectivity index (χ4n) is 1.50. The van der Waals surface area contributed by atoms with Gasteiger partial charge in [0.05, 0.1) is 18.0 Å². The fraction of sp³-hybridized carbons (Fsp3) is 0.214. The Morgan fingerprint density at radius 1 is 1.18 bits per heavy atom. The van der Waals surface area contributed by atoms with E-state index in [4.69, 9.17) is 4.74 Å². The average Bonchev–Trinajstić information content (AvgIpc) is 2.33. The third-order valence-electron chi connectivity index (χ3n) is 2.51. The maximum absolute atomic E-state index is 9.35. The van der Waals surface area contributed by atoms with E-state index in [0.717, 1.165) is 11.3 Å². The Morgan fingerprint density at radius 3 is 2.53 bits per heavy atom. The lowest BCUT2D eigenvalue weighted by atomic mass is 10.2. The summed E-state index contributed by atoms with van der Waals surface area (Å²) in [5, 5.41) is 9.35. The van der Waals surface area contributed by atoms with Gasteiger partial charge in [-0.3, -0.25) is 4.98 Å². The van der Waals surface area contributed by atoms with Crippen molar-refractivity contribution >= 4 is 0 Å². The molecular weight excluding hydrogens is 214 g/mol. The van der Waals surface area contributed by atoms with Crippen LogP contribution < -0.4 is 4.74 Å². The van der Waals surface area contributed by atoms with Crippen LogP contribution in [-0.4, -0.2) is 10.1 Å². The van der Waals surface area contributed by atoms with E-state index in [9.17, 15) is 5.11 Å². The fourth-order valence-corrected chi connectivity index (χ4v) is 1.50. The number of rotatable bonds is 3. The van der Waals surface area contributed by atoms with Gasteiger partial charge in [0.2, 0.25) is 0 Å². The van der Waals surface area contributed by atoms with E-state index in [-0.39, 0.29) is 0 Å². The smallest absolute Gasteiger partial charge is 0.145 e. The van der Waals surface area contributed by atoms with Crippen molar-refractivity contribution in [2.75, 3.05) is 0 Å². The third-order valence-corrected chi connectivity index (χ3v) is 2.51. The second-order valence-corrected chi connectivity index (χ2v) is 3.96. The van der Waals surface area contributed by atoms with Crippen molar-refractivity contribution in [3.05, 3.63) is 53.9 Å². The van der Waals surface area contributed by atoms with Gasteiger partial charge >= 0.3 is 0 Å². The summed E-state index contributed by atoms with van der Waals surface area (Å²) >= 11 is 0. The number of nitrogens with zero attached hydrogens (tertiary/aromatic N) is 1. The highest BCUT2D eigenvalue weighted by molar-refractivity contribution is 5.36. The molecule has 0 amide bonds. The van der Waals surface area contributed by atoms with Crippen LogP contribution in [0.2, 0.25) is 0 Å². The molecule has 0 saturated heterocycles. The van der Waals surface area contributed by atoms with Crippen molar-refractivity contribution in [1.29, 1.82) is 0 Å². The highest BCUT2D eigenvalue weighted by Crippen LogP contribution is 2.24. The van der Waals surface area contributed by atoms with Crippen LogP contribution in [0.15, 0.2) is 42.6 Å². The highest BCUT2D eigenvalue weighted by atomic mass is 16.5. The lowest BCUT2D eigenvalue weighted by Gasteiger charge is -2.09. The van der Waals surface area contributed by atoms with Crippen LogP contribution in [-0.2, 0) is 0 Å². The molecule has 2 aromatic rings. The molecule has 0 fully saturated rings. The zero-order valence-corrected chi connectivity index (χ0v) is 9.92. The minimum absolute atomic E-state index is 0.553. The molecule has 1 atom stereocenters. The molecule has 0 spiro atoms. The summed E-state index contributed by atoms with van der Waals surface area (Å²) < 4.78 is 5.70. The number of hydrogen-bond acceptors (Lipinski definition) is 3. The summed E-state index contributed by atoms with van der Waals surface area (Å²) in [6.07, 6.45) is 1.07. The molecule has 0 aliphatic carbocycles. The molecule has 1 aromatic heterocycles. The summed E-state index contributed by atoms with van der Waals surface area (Å²) in [6, 6.07) is 11.4. The lowest BCUT2D eigenvalue weighted by Crippen LogP contribution is -1.95. The van der Waals surface area contributed by atoms with E-state index in [1.165, 1.54) is 0 Å². The molecule has 0 unspecified atom stereocenters. The van der Waals surface area contributed by atoms with E-state index >= 15 is 0 Å². The lowest BCUT2D eigenvalue weighted by molar-refractivity contribution is 0.194. The van der Waals surface area contributed by atoms with Crippen molar-refractivity contribution in [2.45, 2.75) is 20.0 Å². The highest BCUT2D eigenvalue weighted by Gasteiger charge is 2.04. The first kappa shape index (κ1) is 11.6. The Bertz CT molecular complexity index is 492. The Balaban J connectivity index is 2.17. The molecule has 1 heterocycles. The van der Waals surface area contributed by atoms with Crippen LogP contribution >= 0.6 is 0 Å². The Labute approximate surface area is 101 Å². The van der Waals surface area contributed by atoms with Gasteiger partial charge in [-0.2, -0.15) is 0 Å². The van der Waals surface area contributed by atoms with Gasteiger partial charge in [-0.25, -0.2) is 0 Å². The van der Waals surface area contributed by atoms with E-state index in [0.29, 0.717) is 11.4 Å². The van der Waals surface area contributed by atoms with Gasteiger partial charge in [-0.15, -0.1) is 0 Å². The monoisotopic (exact) mass is 229 g/mol. The van der Waals surface area contributed by atoms with Crippen molar-refractivity contribution in [3.8, 4) is 11.5 Å². The van der Waals surface area contributed by atoms with Crippen LogP contribution in [0, 0.1) is 6.92 Å². The molecule has 0 aliphatic heterocycles. The van der Waals surface area contributed by atoms with Crippen molar-refractivity contribution in [2.24, 2.45) is 0 Å². The molecule has 0 aliphatic rings.